The maximum absolute atomic E-state index is 13.1. The minimum absolute atomic E-state index is 0.0281. The first kappa shape index (κ1) is 18.1. The Kier molecular flexibility index (Phi) is 5.66. The third-order valence-electron chi connectivity index (χ3n) is 5.08. The van der Waals surface area contributed by atoms with Gasteiger partial charge in [0.05, 0.1) is 5.69 Å². The number of aliphatic carboxylic acids is 1. The number of carboxylic acids is 1. The van der Waals surface area contributed by atoms with Crippen molar-refractivity contribution >= 4 is 11.9 Å². The van der Waals surface area contributed by atoms with Gasteiger partial charge < -0.3 is 10.0 Å². The van der Waals surface area contributed by atoms with Crippen molar-refractivity contribution in [3.8, 4) is 11.3 Å². The molecule has 0 spiro atoms. The predicted octanol–water partition coefficient (Wildman–Crippen LogP) is 3.77. The number of likely N-dealkylation sites (tertiary alicyclic amines) is 1. The van der Waals surface area contributed by atoms with Crippen molar-refractivity contribution in [2.24, 2.45) is 5.92 Å². The number of aromatic nitrogens is 1. The summed E-state index contributed by atoms with van der Waals surface area (Å²) in [5.74, 6) is -0.476. The predicted molar refractivity (Wildman–Crippen MR) is 99.9 cm³/mol. The number of hydrogen-bond acceptors (Lipinski definition) is 3. The first-order valence-corrected chi connectivity index (χ1v) is 9.08. The van der Waals surface area contributed by atoms with Gasteiger partial charge in [0, 0.05) is 36.8 Å². The number of rotatable bonds is 5. The highest BCUT2D eigenvalue weighted by molar-refractivity contribution is 5.97. The number of benzene rings is 1. The summed E-state index contributed by atoms with van der Waals surface area (Å²) in [4.78, 5) is 30.2. The number of carboxylic acid groups (broad SMARTS) is 1. The van der Waals surface area contributed by atoms with Crippen LogP contribution in [0.25, 0.3) is 11.3 Å². The molecular weight excluding hydrogens is 328 g/mol. The van der Waals surface area contributed by atoms with E-state index >= 15 is 0 Å². The lowest BCUT2D eigenvalue weighted by atomic mass is 9.92. The number of piperidine rings is 1. The average molecular weight is 352 g/mol. The number of carbonyl (C=O) groups is 2. The third-order valence-corrected chi connectivity index (χ3v) is 5.08. The van der Waals surface area contributed by atoms with E-state index in [1.165, 1.54) is 0 Å². The lowest BCUT2D eigenvalue weighted by Crippen LogP contribution is -2.40. The summed E-state index contributed by atoms with van der Waals surface area (Å²) in [6, 6.07) is 11.5. The van der Waals surface area contributed by atoms with Gasteiger partial charge in [-0.3, -0.25) is 14.6 Å². The smallest absolute Gasteiger partial charge is 0.303 e. The zero-order valence-electron chi connectivity index (χ0n) is 15.0. The fraction of sp³-hybridized carbons (Fsp3) is 0.381. The third kappa shape index (κ3) is 4.10. The summed E-state index contributed by atoms with van der Waals surface area (Å²) in [6.45, 7) is 3.33. The largest absolute Gasteiger partial charge is 0.481 e. The van der Waals surface area contributed by atoms with Gasteiger partial charge in [0.1, 0.15) is 0 Å². The van der Waals surface area contributed by atoms with Crippen LogP contribution in [-0.2, 0) is 4.79 Å². The molecule has 3 rings (SSSR count). The fourth-order valence-electron chi connectivity index (χ4n) is 3.65. The van der Waals surface area contributed by atoms with Crippen LogP contribution in [-0.4, -0.2) is 40.0 Å². The quantitative estimate of drug-likeness (QED) is 0.889. The molecular formula is C21H24N2O3. The second kappa shape index (κ2) is 8.13. The first-order valence-electron chi connectivity index (χ1n) is 9.08. The minimum Gasteiger partial charge on any atom is -0.481 e. The van der Waals surface area contributed by atoms with E-state index in [-0.39, 0.29) is 18.2 Å². The van der Waals surface area contributed by atoms with Crippen LogP contribution in [0, 0.1) is 12.8 Å². The minimum atomic E-state index is -0.771. The van der Waals surface area contributed by atoms with Gasteiger partial charge >= 0.3 is 5.97 Å². The zero-order chi connectivity index (χ0) is 18.5. The topological polar surface area (TPSA) is 70.5 Å². The van der Waals surface area contributed by atoms with Crippen LogP contribution in [0.2, 0.25) is 0 Å². The van der Waals surface area contributed by atoms with E-state index in [1.54, 1.807) is 6.20 Å². The molecule has 0 saturated carbocycles. The van der Waals surface area contributed by atoms with Crippen LogP contribution < -0.4 is 0 Å². The molecule has 26 heavy (non-hydrogen) atoms. The highest BCUT2D eigenvalue weighted by atomic mass is 16.4. The van der Waals surface area contributed by atoms with Crippen LogP contribution in [0.5, 0.6) is 0 Å². The summed E-state index contributed by atoms with van der Waals surface area (Å²) in [6.07, 6.45) is 4.47. The van der Waals surface area contributed by atoms with Crippen LogP contribution >= 0.6 is 0 Å². The molecule has 1 aliphatic heterocycles. The van der Waals surface area contributed by atoms with E-state index in [4.69, 9.17) is 5.11 Å². The molecule has 5 heteroatoms. The van der Waals surface area contributed by atoms with E-state index in [9.17, 15) is 9.59 Å². The fourth-order valence-corrected chi connectivity index (χ4v) is 3.65. The van der Waals surface area contributed by atoms with Gasteiger partial charge in [-0.2, -0.15) is 0 Å². The molecule has 136 valence electrons. The average Bonchev–Trinajstić information content (AvgIpc) is 2.67. The maximum atomic E-state index is 13.1. The Balaban J connectivity index is 1.78. The second-order valence-corrected chi connectivity index (χ2v) is 6.88. The van der Waals surface area contributed by atoms with Crippen LogP contribution in [0.15, 0.2) is 42.6 Å². The lowest BCUT2D eigenvalue weighted by molar-refractivity contribution is -0.137. The molecule has 0 aliphatic carbocycles. The summed E-state index contributed by atoms with van der Waals surface area (Å²) in [7, 11) is 0. The van der Waals surface area contributed by atoms with E-state index in [1.807, 2.05) is 48.2 Å². The highest BCUT2D eigenvalue weighted by Gasteiger charge is 2.26. The Morgan fingerprint density at radius 2 is 2.08 bits per heavy atom. The van der Waals surface area contributed by atoms with Crippen molar-refractivity contribution in [1.82, 2.24) is 9.88 Å². The Morgan fingerprint density at radius 3 is 2.81 bits per heavy atom. The summed E-state index contributed by atoms with van der Waals surface area (Å²) >= 11 is 0. The SMILES string of the molecule is Cc1c(C(=O)N2CCCC(CCC(=O)O)C2)cccc1-c1ccccn1. The Bertz CT molecular complexity index is 789. The zero-order valence-corrected chi connectivity index (χ0v) is 15.0. The summed E-state index contributed by atoms with van der Waals surface area (Å²) < 4.78 is 0. The van der Waals surface area contributed by atoms with E-state index in [2.05, 4.69) is 4.98 Å². The lowest BCUT2D eigenvalue weighted by Gasteiger charge is -2.33. The first-order chi connectivity index (χ1) is 12.6. The molecule has 1 saturated heterocycles. The van der Waals surface area contributed by atoms with Gasteiger partial charge in [-0.15, -0.1) is 0 Å². The van der Waals surface area contributed by atoms with Crippen LogP contribution in [0.4, 0.5) is 0 Å². The Labute approximate surface area is 153 Å². The molecule has 1 unspecified atom stereocenters. The van der Waals surface area contributed by atoms with Crippen molar-refractivity contribution in [2.75, 3.05) is 13.1 Å². The molecule has 2 heterocycles. The van der Waals surface area contributed by atoms with Gasteiger partial charge in [0.15, 0.2) is 0 Å². The van der Waals surface area contributed by atoms with Crippen molar-refractivity contribution < 1.29 is 14.7 Å². The number of hydrogen-bond donors (Lipinski definition) is 1. The highest BCUT2D eigenvalue weighted by Crippen LogP contribution is 2.27. The Morgan fingerprint density at radius 1 is 1.23 bits per heavy atom. The van der Waals surface area contributed by atoms with Crippen molar-refractivity contribution in [1.29, 1.82) is 0 Å². The number of pyridine rings is 1. The van der Waals surface area contributed by atoms with Gasteiger partial charge in [0.2, 0.25) is 0 Å². The van der Waals surface area contributed by atoms with E-state index in [0.29, 0.717) is 18.5 Å². The molecule has 1 N–H and O–H groups in total. The Hall–Kier alpha value is -2.69. The molecule has 1 aromatic carbocycles. The summed E-state index contributed by atoms with van der Waals surface area (Å²) in [5, 5.41) is 8.89. The monoisotopic (exact) mass is 352 g/mol. The molecule has 0 bridgehead atoms. The van der Waals surface area contributed by atoms with Crippen LogP contribution in [0.3, 0.4) is 0 Å². The van der Waals surface area contributed by atoms with Gasteiger partial charge in [0.25, 0.3) is 5.91 Å². The number of carbonyl (C=O) groups excluding carboxylic acids is 1. The molecule has 1 amide bonds. The molecule has 5 nitrogen and oxygen atoms in total. The number of nitrogens with zero attached hydrogens (tertiary/aromatic N) is 2. The molecule has 1 fully saturated rings. The maximum Gasteiger partial charge on any atom is 0.303 e. The van der Waals surface area contributed by atoms with Gasteiger partial charge in [-0.25, -0.2) is 0 Å². The normalized spacial score (nSPS) is 17.1. The van der Waals surface area contributed by atoms with Gasteiger partial charge in [-0.1, -0.05) is 18.2 Å². The summed E-state index contributed by atoms with van der Waals surface area (Å²) in [5.41, 5.74) is 3.46. The molecule has 0 radical (unpaired) electrons. The molecule has 1 atom stereocenters. The molecule has 2 aromatic rings. The standard InChI is InChI=1S/C21H24N2O3/c1-15-17(19-9-2-3-12-22-19)7-4-8-18(15)21(26)23-13-5-6-16(14-23)10-11-20(24)25/h2-4,7-9,12,16H,5-6,10-11,13-14H2,1H3,(H,24,25). The second-order valence-electron chi connectivity index (χ2n) is 6.88. The number of amides is 1. The van der Waals surface area contributed by atoms with E-state index < -0.39 is 5.97 Å². The van der Waals surface area contributed by atoms with Crippen molar-refractivity contribution in [3.05, 3.63) is 53.7 Å². The van der Waals surface area contributed by atoms with E-state index in [0.717, 1.165) is 36.2 Å². The molecule has 1 aliphatic rings. The van der Waals surface area contributed by atoms with Crippen molar-refractivity contribution in [3.63, 3.8) is 0 Å². The molecule has 1 aromatic heterocycles. The van der Waals surface area contributed by atoms with Crippen LogP contribution in [0.1, 0.15) is 41.6 Å². The van der Waals surface area contributed by atoms with Crippen molar-refractivity contribution in [2.45, 2.75) is 32.6 Å². The van der Waals surface area contributed by atoms with Gasteiger partial charge in [-0.05, 0) is 55.9 Å².